The maximum Gasteiger partial charge on any atom is 0.131 e. The lowest BCUT2D eigenvalue weighted by atomic mass is 9.91. The van der Waals surface area contributed by atoms with E-state index in [1.165, 1.54) is 24.3 Å². The van der Waals surface area contributed by atoms with Crippen LogP contribution >= 0.6 is 0 Å². The Morgan fingerprint density at radius 2 is 1.70 bits per heavy atom. The summed E-state index contributed by atoms with van der Waals surface area (Å²) in [5.41, 5.74) is -0.0240. The molecule has 0 aromatic heterocycles. The number of phenolic OH excluding ortho intramolecular Hbond substituents is 3. The van der Waals surface area contributed by atoms with E-state index in [4.69, 9.17) is 9.47 Å². The van der Waals surface area contributed by atoms with Crippen LogP contribution in [0.15, 0.2) is 24.3 Å². The molecule has 0 aliphatic carbocycles. The molecule has 2 atom stereocenters. The minimum atomic E-state index is -1.51. The van der Waals surface area contributed by atoms with E-state index < -0.39 is 17.8 Å². The van der Waals surface area contributed by atoms with Crippen molar-refractivity contribution < 1.29 is 35.0 Å². The number of aliphatic hydroxyl groups is 2. The normalized spacial score (nSPS) is 20.1. The zero-order valence-electron chi connectivity index (χ0n) is 15.4. The van der Waals surface area contributed by atoms with Gasteiger partial charge in [0.2, 0.25) is 0 Å². The topological polar surface area (TPSA) is 120 Å². The molecule has 3 rings (SSSR count). The molecule has 0 bridgehead atoms. The van der Waals surface area contributed by atoms with E-state index >= 15 is 0 Å². The van der Waals surface area contributed by atoms with Gasteiger partial charge in [0.25, 0.3) is 0 Å². The molecule has 2 aromatic carbocycles. The van der Waals surface area contributed by atoms with Gasteiger partial charge >= 0.3 is 0 Å². The molecule has 1 aliphatic rings. The lowest BCUT2D eigenvalue weighted by molar-refractivity contribution is -0.0854. The third-order valence-electron chi connectivity index (χ3n) is 4.88. The molecule has 2 aromatic rings. The van der Waals surface area contributed by atoms with Gasteiger partial charge < -0.3 is 35.0 Å². The summed E-state index contributed by atoms with van der Waals surface area (Å²) in [6, 6.07) is 5.54. The molecule has 146 valence electrons. The number of benzene rings is 2. The van der Waals surface area contributed by atoms with Crippen molar-refractivity contribution in [3.05, 3.63) is 46.5 Å². The summed E-state index contributed by atoms with van der Waals surface area (Å²) in [7, 11) is 0. The van der Waals surface area contributed by atoms with Gasteiger partial charge in [-0.15, -0.1) is 0 Å². The number of fused-ring (bicyclic) bond motifs is 1. The van der Waals surface area contributed by atoms with Crippen molar-refractivity contribution >= 4 is 0 Å². The van der Waals surface area contributed by atoms with Gasteiger partial charge in [-0.1, -0.05) is 6.07 Å². The number of aryl methyl sites for hydroxylation is 1. The van der Waals surface area contributed by atoms with Crippen molar-refractivity contribution in [2.45, 2.75) is 45.2 Å². The predicted molar refractivity (Wildman–Crippen MR) is 97.0 cm³/mol. The van der Waals surface area contributed by atoms with Crippen LogP contribution < -0.4 is 4.74 Å². The minimum Gasteiger partial charge on any atom is -0.508 e. The molecular weight excluding hydrogens is 352 g/mol. The Kier molecular flexibility index (Phi) is 4.94. The number of aliphatic hydroxyl groups excluding tert-OH is 2. The Hall–Kier alpha value is -2.48. The number of hydrogen-bond donors (Lipinski definition) is 5. The molecule has 7 heteroatoms. The van der Waals surface area contributed by atoms with E-state index in [0.29, 0.717) is 16.9 Å². The number of phenols is 3. The molecule has 0 spiro atoms. The molecule has 1 aliphatic heterocycles. The van der Waals surface area contributed by atoms with Crippen LogP contribution in [0.1, 0.15) is 42.2 Å². The highest BCUT2D eigenvalue weighted by atomic mass is 16.5. The van der Waals surface area contributed by atoms with Crippen LogP contribution in [-0.4, -0.2) is 43.8 Å². The maximum absolute atomic E-state index is 10.9. The van der Waals surface area contributed by atoms with Crippen molar-refractivity contribution in [2.75, 3.05) is 6.61 Å². The van der Waals surface area contributed by atoms with Crippen molar-refractivity contribution in [3.63, 3.8) is 0 Å². The van der Waals surface area contributed by atoms with Gasteiger partial charge in [-0.2, -0.15) is 0 Å². The summed E-state index contributed by atoms with van der Waals surface area (Å²) in [5.74, 6) is -0.452. The standard InChI is InChI=1S/C20H24O7/c1-10-7-14(23)16(18(25)17-12(21)5-4-6-13(17)22)11-8-26-9-15(24)20(2,3)27-19(10)11/h4-7,15,18,21-25H,8-9H2,1-3H3/t15-,18+/m1/s1. The Balaban J connectivity index is 2.20. The first kappa shape index (κ1) is 19.3. The van der Waals surface area contributed by atoms with Gasteiger partial charge in [-0.25, -0.2) is 0 Å². The summed E-state index contributed by atoms with van der Waals surface area (Å²) in [6.07, 6.45) is -2.38. The molecule has 0 saturated heterocycles. The first-order chi connectivity index (χ1) is 12.6. The molecule has 5 N–H and O–H groups in total. The fourth-order valence-corrected chi connectivity index (χ4v) is 3.22. The highest BCUT2D eigenvalue weighted by Gasteiger charge is 2.36. The van der Waals surface area contributed by atoms with E-state index in [9.17, 15) is 25.5 Å². The molecule has 0 radical (unpaired) electrons. The number of ether oxygens (including phenoxy) is 2. The van der Waals surface area contributed by atoms with E-state index in [1.54, 1.807) is 20.8 Å². The quantitative estimate of drug-likeness (QED) is 0.545. The lowest BCUT2D eigenvalue weighted by Crippen LogP contribution is -2.46. The molecule has 0 saturated carbocycles. The number of rotatable bonds is 2. The van der Waals surface area contributed by atoms with Crippen LogP contribution in [0.25, 0.3) is 0 Å². The average Bonchev–Trinajstić information content (AvgIpc) is 2.56. The molecular formula is C20H24O7. The lowest BCUT2D eigenvalue weighted by Gasteiger charge is -2.36. The van der Waals surface area contributed by atoms with Gasteiger partial charge in [0.05, 0.1) is 18.8 Å². The number of aromatic hydroxyl groups is 3. The molecule has 1 heterocycles. The fraction of sp³-hybridized carbons (Fsp3) is 0.400. The Bertz CT molecular complexity index is 840. The van der Waals surface area contributed by atoms with Crippen LogP contribution in [0.4, 0.5) is 0 Å². The van der Waals surface area contributed by atoms with E-state index in [2.05, 4.69) is 0 Å². The van der Waals surface area contributed by atoms with Crippen LogP contribution in [-0.2, 0) is 11.3 Å². The summed E-state index contributed by atoms with van der Waals surface area (Å²) in [4.78, 5) is 0. The molecule has 0 amide bonds. The van der Waals surface area contributed by atoms with E-state index in [0.717, 1.165) is 0 Å². The first-order valence-corrected chi connectivity index (χ1v) is 8.62. The first-order valence-electron chi connectivity index (χ1n) is 8.62. The molecule has 0 unspecified atom stereocenters. The smallest absolute Gasteiger partial charge is 0.131 e. The van der Waals surface area contributed by atoms with Gasteiger partial charge in [0.1, 0.15) is 40.8 Å². The van der Waals surface area contributed by atoms with Gasteiger partial charge in [0, 0.05) is 11.1 Å². The Morgan fingerprint density at radius 1 is 1.07 bits per heavy atom. The second-order valence-electron chi connectivity index (χ2n) is 7.28. The zero-order valence-corrected chi connectivity index (χ0v) is 15.4. The zero-order chi connectivity index (χ0) is 19.9. The highest BCUT2D eigenvalue weighted by Crippen LogP contribution is 2.45. The van der Waals surface area contributed by atoms with Crippen LogP contribution in [0, 0.1) is 6.92 Å². The Labute approximate surface area is 157 Å². The van der Waals surface area contributed by atoms with Gasteiger partial charge in [0.15, 0.2) is 0 Å². The second-order valence-corrected chi connectivity index (χ2v) is 7.28. The maximum atomic E-state index is 10.9. The summed E-state index contributed by atoms with van der Waals surface area (Å²) < 4.78 is 11.6. The monoisotopic (exact) mass is 376 g/mol. The molecule has 0 fully saturated rings. The average molecular weight is 376 g/mol. The SMILES string of the molecule is Cc1cc(O)c([C@H](O)c2c(O)cccc2O)c2c1OC(C)(C)[C@H](O)COC2. The highest BCUT2D eigenvalue weighted by molar-refractivity contribution is 5.58. The molecule has 7 nitrogen and oxygen atoms in total. The van der Waals surface area contributed by atoms with Gasteiger partial charge in [-0.05, 0) is 44.5 Å². The summed E-state index contributed by atoms with van der Waals surface area (Å²) in [6.45, 7) is 5.15. The minimum absolute atomic E-state index is 0.0124. The van der Waals surface area contributed by atoms with E-state index in [1.807, 2.05) is 0 Å². The van der Waals surface area contributed by atoms with Crippen LogP contribution in [0.5, 0.6) is 23.0 Å². The third kappa shape index (κ3) is 3.41. The largest absolute Gasteiger partial charge is 0.508 e. The summed E-state index contributed by atoms with van der Waals surface area (Å²) >= 11 is 0. The number of hydrogen-bond acceptors (Lipinski definition) is 7. The predicted octanol–water partition coefficient (Wildman–Crippen LogP) is 2.24. The van der Waals surface area contributed by atoms with Crippen molar-refractivity contribution in [3.8, 4) is 23.0 Å². The van der Waals surface area contributed by atoms with Crippen molar-refractivity contribution in [1.29, 1.82) is 0 Å². The van der Waals surface area contributed by atoms with E-state index in [-0.39, 0.29) is 41.6 Å². The fourth-order valence-electron chi connectivity index (χ4n) is 3.22. The summed E-state index contributed by atoms with van der Waals surface area (Å²) in [5, 5.41) is 51.8. The van der Waals surface area contributed by atoms with Crippen LogP contribution in [0.2, 0.25) is 0 Å². The van der Waals surface area contributed by atoms with Gasteiger partial charge in [-0.3, -0.25) is 0 Å². The van der Waals surface area contributed by atoms with Crippen molar-refractivity contribution in [2.24, 2.45) is 0 Å². The second kappa shape index (κ2) is 6.92. The Morgan fingerprint density at radius 3 is 2.33 bits per heavy atom. The van der Waals surface area contributed by atoms with Crippen molar-refractivity contribution in [1.82, 2.24) is 0 Å². The third-order valence-corrected chi connectivity index (χ3v) is 4.88. The van der Waals surface area contributed by atoms with Crippen LogP contribution in [0.3, 0.4) is 0 Å². The molecule has 27 heavy (non-hydrogen) atoms.